The molecule has 0 aliphatic rings. The van der Waals surface area contributed by atoms with Crippen molar-refractivity contribution >= 4 is 17.9 Å². The Labute approximate surface area is 462 Å². The summed E-state index contributed by atoms with van der Waals surface area (Å²) < 4.78 is 22.8. The van der Waals surface area contributed by atoms with Crippen LogP contribution in [0.4, 0.5) is 0 Å². The van der Waals surface area contributed by atoms with Gasteiger partial charge in [0.2, 0.25) is 0 Å². The number of likely N-dealkylation sites (N-methyl/N-ethyl adjacent to an activating group) is 1. The molecule has 0 aromatic carbocycles. The average Bonchev–Trinajstić information content (AvgIpc) is 3.38. The van der Waals surface area contributed by atoms with E-state index in [9.17, 15) is 19.5 Å². The van der Waals surface area contributed by atoms with Crippen LogP contribution >= 0.6 is 0 Å². The average molecular weight is 1050 g/mol. The molecular formula is C66H118NO8+. The van der Waals surface area contributed by atoms with Gasteiger partial charge < -0.3 is 28.5 Å². The van der Waals surface area contributed by atoms with Gasteiger partial charge in [-0.25, -0.2) is 4.79 Å². The van der Waals surface area contributed by atoms with Crippen LogP contribution in [0, 0.1) is 0 Å². The summed E-state index contributed by atoms with van der Waals surface area (Å²) in [5.41, 5.74) is 0. The van der Waals surface area contributed by atoms with E-state index >= 15 is 0 Å². The Morgan fingerprint density at radius 1 is 0.413 bits per heavy atom. The molecule has 0 aliphatic heterocycles. The van der Waals surface area contributed by atoms with Crippen LogP contribution in [0.5, 0.6) is 0 Å². The Hall–Kier alpha value is -3.27. The number of allylic oxidation sites excluding steroid dienone is 12. The van der Waals surface area contributed by atoms with Gasteiger partial charge in [0.15, 0.2) is 6.10 Å². The third-order valence-corrected chi connectivity index (χ3v) is 13.4. The number of carbonyl (C=O) groups is 3. The molecule has 0 rings (SSSR count). The van der Waals surface area contributed by atoms with Crippen LogP contribution in [0.2, 0.25) is 0 Å². The summed E-state index contributed by atoms with van der Waals surface area (Å²) in [6.07, 6.45) is 71.7. The number of esters is 2. The maximum absolute atomic E-state index is 12.9. The number of carboxylic acids is 1. The number of hydrogen-bond acceptors (Lipinski definition) is 7. The van der Waals surface area contributed by atoms with E-state index < -0.39 is 24.3 Å². The lowest BCUT2D eigenvalue weighted by molar-refractivity contribution is -0.870. The van der Waals surface area contributed by atoms with Gasteiger partial charge in [0.1, 0.15) is 13.2 Å². The number of carbonyl (C=O) groups excluding carboxylic acids is 2. The van der Waals surface area contributed by atoms with Gasteiger partial charge in [-0.2, -0.15) is 0 Å². The lowest BCUT2D eigenvalue weighted by atomic mass is 10.0. The van der Waals surface area contributed by atoms with E-state index in [0.29, 0.717) is 17.4 Å². The fraction of sp³-hybridized carbons (Fsp3) is 0.773. The fourth-order valence-corrected chi connectivity index (χ4v) is 8.67. The predicted octanol–water partition coefficient (Wildman–Crippen LogP) is 18.6. The monoisotopic (exact) mass is 1050 g/mol. The van der Waals surface area contributed by atoms with Crippen molar-refractivity contribution in [1.82, 2.24) is 0 Å². The van der Waals surface area contributed by atoms with Gasteiger partial charge in [-0.3, -0.25) is 9.59 Å². The highest BCUT2D eigenvalue weighted by Gasteiger charge is 2.25. The number of nitrogens with zero attached hydrogens (tertiary/aromatic N) is 1. The van der Waals surface area contributed by atoms with Crippen LogP contribution in [0.1, 0.15) is 271 Å². The molecule has 0 amide bonds. The Bertz CT molecular complexity index is 1460. The number of rotatable bonds is 57. The van der Waals surface area contributed by atoms with E-state index in [1.165, 1.54) is 148 Å². The molecule has 434 valence electrons. The second kappa shape index (κ2) is 56.9. The van der Waals surface area contributed by atoms with Crippen molar-refractivity contribution in [3.8, 4) is 0 Å². The van der Waals surface area contributed by atoms with Gasteiger partial charge in [-0.1, -0.05) is 254 Å². The molecule has 0 aliphatic carbocycles. The van der Waals surface area contributed by atoms with E-state index in [2.05, 4.69) is 86.8 Å². The van der Waals surface area contributed by atoms with Crippen molar-refractivity contribution in [3.05, 3.63) is 72.9 Å². The highest BCUT2D eigenvalue weighted by Crippen LogP contribution is 2.17. The minimum atomic E-state index is -1.51. The van der Waals surface area contributed by atoms with Gasteiger partial charge >= 0.3 is 17.9 Å². The third kappa shape index (κ3) is 58.3. The summed E-state index contributed by atoms with van der Waals surface area (Å²) in [6, 6.07) is 0. The molecule has 0 radical (unpaired) electrons. The second-order valence-corrected chi connectivity index (χ2v) is 22.0. The molecule has 0 aromatic rings. The van der Waals surface area contributed by atoms with E-state index in [0.717, 1.165) is 96.3 Å². The number of hydrogen-bond donors (Lipinski definition) is 1. The summed E-state index contributed by atoms with van der Waals surface area (Å²) in [5.74, 6) is -2.01. The zero-order chi connectivity index (χ0) is 54.8. The van der Waals surface area contributed by atoms with Gasteiger partial charge in [0, 0.05) is 12.8 Å². The SMILES string of the molecule is CC/C=C\C/C=C\C/C=C\C/C=C\C/C=C\CCCCCCCCCCCCCCCCCCCCCCCCCC(=O)OC(COC(=O)CCCCCCC/C=C\CCCC)COC(OCC[N+](C)(C)C)C(=O)O. The van der Waals surface area contributed by atoms with E-state index in [-0.39, 0.29) is 32.2 Å². The minimum Gasteiger partial charge on any atom is -0.477 e. The standard InChI is InChI=1S/C66H117NO8/c1-6-8-10-12-14-16-18-19-20-21-22-23-24-25-26-27-28-29-30-31-32-33-34-35-36-37-38-39-40-41-42-43-44-45-47-49-51-53-55-57-64(69)75-62(61-74-66(65(70)71)72-59-58-67(3,4)5)60-73-63(68)56-54-52-50-48-46-17-15-13-11-9-7-2/h8,10,13-16,19-20,22-23,25-26,62,66H,6-7,9,11-12,17-18,21,24,27-61H2,1-5H3/p+1/b10-8-,15-13-,16-14-,20-19-,23-22-,26-25-. The molecule has 75 heavy (non-hydrogen) atoms. The molecule has 9 heteroatoms. The van der Waals surface area contributed by atoms with Crippen LogP contribution in [0.15, 0.2) is 72.9 Å². The van der Waals surface area contributed by atoms with Crippen molar-refractivity contribution in [2.24, 2.45) is 0 Å². The normalized spacial score (nSPS) is 13.2. The highest BCUT2D eigenvalue weighted by molar-refractivity contribution is 5.71. The van der Waals surface area contributed by atoms with Crippen molar-refractivity contribution in [1.29, 1.82) is 0 Å². The first-order valence-corrected chi connectivity index (χ1v) is 31.1. The lowest BCUT2D eigenvalue weighted by Crippen LogP contribution is -2.40. The maximum atomic E-state index is 12.9. The maximum Gasteiger partial charge on any atom is 0.361 e. The summed E-state index contributed by atoms with van der Waals surface area (Å²) in [7, 11) is 5.97. The number of unbranched alkanes of at least 4 members (excludes halogenated alkanes) is 30. The molecule has 0 heterocycles. The summed E-state index contributed by atoms with van der Waals surface area (Å²) in [6.45, 7) is 4.73. The smallest absolute Gasteiger partial charge is 0.361 e. The second-order valence-electron chi connectivity index (χ2n) is 22.0. The molecule has 0 saturated carbocycles. The quantitative estimate of drug-likeness (QED) is 0.0211. The van der Waals surface area contributed by atoms with E-state index in [1.807, 2.05) is 21.1 Å². The van der Waals surface area contributed by atoms with Crippen LogP contribution < -0.4 is 0 Å². The number of quaternary nitrogens is 1. The van der Waals surface area contributed by atoms with Crippen molar-refractivity contribution in [2.75, 3.05) is 47.5 Å². The number of carboxylic acid groups (broad SMARTS) is 1. The molecular weight excluding hydrogens is 935 g/mol. The van der Waals surface area contributed by atoms with Crippen molar-refractivity contribution in [2.45, 2.75) is 283 Å². The molecule has 2 atom stereocenters. The van der Waals surface area contributed by atoms with Crippen molar-refractivity contribution < 1.29 is 42.9 Å². The van der Waals surface area contributed by atoms with Crippen LogP contribution in [-0.4, -0.2) is 87.4 Å². The molecule has 9 nitrogen and oxygen atoms in total. The number of ether oxygens (including phenoxy) is 4. The fourth-order valence-electron chi connectivity index (χ4n) is 8.67. The molecule has 0 fully saturated rings. The largest absolute Gasteiger partial charge is 0.477 e. The molecule has 0 aromatic heterocycles. The molecule has 0 bridgehead atoms. The summed E-state index contributed by atoms with van der Waals surface area (Å²) in [4.78, 5) is 37.3. The van der Waals surface area contributed by atoms with Crippen LogP contribution in [0.25, 0.3) is 0 Å². The van der Waals surface area contributed by atoms with E-state index in [4.69, 9.17) is 18.9 Å². The molecule has 0 spiro atoms. The van der Waals surface area contributed by atoms with Gasteiger partial charge in [-0.15, -0.1) is 0 Å². The molecule has 0 saturated heterocycles. The Balaban J connectivity index is 3.93. The third-order valence-electron chi connectivity index (χ3n) is 13.4. The Kier molecular flexibility index (Phi) is 54.4. The minimum absolute atomic E-state index is 0.185. The zero-order valence-electron chi connectivity index (χ0n) is 49.4. The first kappa shape index (κ1) is 71.7. The predicted molar refractivity (Wildman–Crippen MR) is 318 cm³/mol. The highest BCUT2D eigenvalue weighted by atomic mass is 16.7. The van der Waals surface area contributed by atoms with Gasteiger partial charge in [0.05, 0.1) is 34.4 Å². The lowest BCUT2D eigenvalue weighted by Gasteiger charge is -2.25. The first-order valence-electron chi connectivity index (χ1n) is 31.1. The number of aliphatic carboxylic acids is 1. The van der Waals surface area contributed by atoms with Crippen molar-refractivity contribution in [3.63, 3.8) is 0 Å². The topological polar surface area (TPSA) is 108 Å². The first-order chi connectivity index (χ1) is 36.6. The van der Waals surface area contributed by atoms with Crippen LogP contribution in [-0.2, 0) is 33.3 Å². The van der Waals surface area contributed by atoms with E-state index in [1.54, 1.807) is 0 Å². The summed E-state index contributed by atoms with van der Waals surface area (Å²) in [5, 5.41) is 9.68. The molecule has 2 unspecified atom stereocenters. The summed E-state index contributed by atoms with van der Waals surface area (Å²) >= 11 is 0. The van der Waals surface area contributed by atoms with Gasteiger partial charge in [-0.05, 0) is 77.0 Å². The van der Waals surface area contributed by atoms with Crippen LogP contribution in [0.3, 0.4) is 0 Å². The Morgan fingerprint density at radius 3 is 1.15 bits per heavy atom. The van der Waals surface area contributed by atoms with Gasteiger partial charge in [0.25, 0.3) is 6.29 Å². The molecule has 1 N–H and O–H groups in total. The Morgan fingerprint density at radius 2 is 0.760 bits per heavy atom. The zero-order valence-corrected chi connectivity index (χ0v) is 49.4.